The van der Waals surface area contributed by atoms with E-state index >= 15 is 0 Å². The number of rotatable bonds is 5. The average Bonchev–Trinajstić information content (AvgIpc) is 3.77. The van der Waals surface area contributed by atoms with Crippen LogP contribution in [0.3, 0.4) is 0 Å². The molecular formula is C55H36N4. The van der Waals surface area contributed by atoms with Crippen molar-refractivity contribution in [2.45, 2.75) is 12.3 Å². The summed E-state index contributed by atoms with van der Waals surface area (Å²) in [6.45, 7) is 2.42. The second-order valence-corrected chi connectivity index (χ2v) is 15.7. The molecule has 0 saturated carbocycles. The van der Waals surface area contributed by atoms with Gasteiger partial charge in [0.2, 0.25) is 0 Å². The maximum Gasteiger partial charge on any atom is 0.164 e. The van der Waals surface area contributed by atoms with Crippen molar-refractivity contribution in [3.8, 4) is 51.0 Å². The molecule has 0 radical (unpaired) electrons. The first-order chi connectivity index (χ1) is 29.1. The van der Waals surface area contributed by atoms with Crippen molar-refractivity contribution in [2.75, 3.05) is 0 Å². The summed E-state index contributed by atoms with van der Waals surface area (Å²) in [7, 11) is 0. The molecule has 1 atom stereocenters. The number of fused-ring (bicyclic) bond motifs is 9. The standard InChI is InChI=1S/C55H36N4/c1-55(38-22-9-4-10-23-38)47-34-50-46(33-45(47)43-30-29-35-17-11-12-24-39(35)51(43)55)42-27-15-16-28-48(42)59(50)49-32-31-44(40-25-13-14-26-41(40)49)54-57-52(36-18-5-2-6-19-36)56-53(58-54)37-20-7-3-8-21-37/h2-34H,1H3. The summed E-state index contributed by atoms with van der Waals surface area (Å²) in [4.78, 5) is 15.2. The number of benzene rings is 9. The molecule has 0 fully saturated rings. The van der Waals surface area contributed by atoms with Crippen LogP contribution in [-0.2, 0) is 5.41 Å². The van der Waals surface area contributed by atoms with Gasteiger partial charge in [0.15, 0.2) is 17.5 Å². The Morgan fingerprint density at radius 2 is 0.949 bits per heavy atom. The van der Waals surface area contributed by atoms with Crippen molar-refractivity contribution in [3.63, 3.8) is 0 Å². The highest BCUT2D eigenvalue weighted by molar-refractivity contribution is 6.14. The molecule has 276 valence electrons. The van der Waals surface area contributed by atoms with Gasteiger partial charge in [0.05, 0.1) is 16.7 Å². The molecule has 12 rings (SSSR count). The Morgan fingerprint density at radius 3 is 1.66 bits per heavy atom. The summed E-state index contributed by atoms with van der Waals surface area (Å²) in [5.74, 6) is 1.94. The predicted molar refractivity (Wildman–Crippen MR) is 243 cm³/mol. The molecule has 0 spiro atoms. The van der Waals surface area contributed by atoms with E-state index in [1.807, 2.05) is 36.4 Å². The molecule has 0 N–H and O–H groups in total. The Kier molecular flexibility index (Phi) is 7.32. The number of nitrogens with zero attached hydrogens (tertiary/aromatic N) is 4. The van der Waals surface area contributed by atoms with E-state index in [-0.39, 0.29) is 5.41 Å². The fourth-order valence-corrected chi connectivity index (χ4v) is 9.75. The normalized spacial score (nSPS) is 14.6. The highest BCUT2D eigenvalue weighted by Gasteiger charge is 2.42. The number of para-hydroxylation sites is 1. The third-order valence-electron chi connectivity index (χ3n) is 12.5. The molecule has 0 saturated heterocycles. The van der Waals surface area contributed by atoms with E-state index in [1.54, 1.807) is 0 Å². The maximum absolute atomic E-state index is 5.14. The summed E-state index contributed by atoms with van der Waals surface area (Å²) in [6, 6.07) is 71.7. The van der Waals surface area contributed by atoms with E-state index < -0.39 is 0 Å². The summed E-state index contributed by atoms with van der Waals surface area (Å²) >= 11 is 0. The number of hydrogen-bond donors (Lipinski definition) is 0. The molecule has 1 aliphatic rings. The smallest absolute Gasteiger partial charge is 0.164 e. The maximum atomic E-state index is 5.14. The minimum atomic E-state index is -0.375. The van der Waals surface area contributed by atoms with Crippen molar-refractivity contribution in [3.05, 3.63) is 217 Å². The highest BCUT2D eigenvalue weighted by atomic mass is 15.0. The molecule has 11 aromatic rings. The van der Waals surface area contributed by atoms with Gasteiger partial charge >= 0.3 is 0 Å². The van der Waals surface area contributed by atoms with Gasteiger partial charge in [-0.2, -0.15) is 0 Å². The molecule has 4 heteroatoms. The molecule has 4 nitrogen and oxygen atoms in total. The van der Waals surface area contributed by atoms with Crippen molar-refractivity contribution in [1.29, 1.82) is 0 Å². The van der Waals surface area contributed by atoms with E-state index in [1.165, 1.54) is 60.4 Å². The zero-order chi connectivity index (χ0) is 39.1. The van der Waals surface area contributed by atoms with E-state index in [9.17, 15) is 0 Å². The fourth-order valence-electron chi connectivity index (χ4n) is 9.75. The summed E-state index contributed by atoms with van der Waals surface area (Å²) in [5.41, 5.74) is 12.5. The van der Waals surface area contributed by atoms with Crippen molar-refractivity contribution < 1.29 is 0 Å². The lowest BCUT2D eigenvalue weighted by atomic mass is 9.73. The summed E-state index contributed by atoms with van der Waals surface area (Å²) in [5, 5.41) is 7.23. The average molecular weight is 753 g/mol. The molecule has 2 aromatic heterocycles. The second-order valence-electron chi connectivity index (χ2n) is 15.7. The first kappa shape index (κ1) is 33.4. The summed E-state index contributed by atoms with van der Waals surface area (Å²) < 4.78 is 2.47. The van der Waals surface area contributed by atoms with E-state index in [0.717, 1.165) is 33.2 Å². The quantitative estimate of drug-likeness (QED) is 0.176. The molecule has 9 aromatic carbocycles. The van der Waals surface area contributed by atoms with Crippen LogP contribution in [0.2, 0.25) is 0 Å². The lowest BCUT2D eigenvalue weighted by Crippen LogP contribution is -2.22. The van der Waals surface area contributed by atoms with Crippen LogP contribution in [0, 0.1) is 0 Å². The molecule has 1 unspecified atom stereocenters. The first-order valence-corrected chi connectivity index (χ1v) is 20.2. The van der Waals surface area contributed by atoms with Gasteiger partial charge in [-0.15, -0.1) is 0 Å². The summed E-state index contributed by atoms with van der Waals surface area (Å²) in [6.07, 6.45) is 0. The van der Waals surface area contributed by atoms with Gasteiger partial charge in [0, 0.05) is 38.3 Å². The minimum Gasteiger partial charge on any atom is -0.309 e. The Labute approximate surface area is 341 Å². The Bertz CT molecular complexity index is 3390. The molecule has 59 heavy (non-hydrogen) atoms. The minimum absolute atomic E-state index is 0.375. The number of aromatic nitrogens is 4. The van der Waals surface area contributed by atoms with Crippen LogP contribution in [-0.4, -0.2) is 19.5 Å². The van der Waals surface area contributed by atoms with Crippen LogP contribution in [0.15, 0.2) is 200 Å². The Balaban J connectivity index is 1.12. The monoisotopic (exact) mass is 752 g/mol. The van der Waals surface area contributed by atoms with Crippen LogP contribution in [0.5, 0.6) is 0 Å². The van der Waals surface area contributed by atoms with Gasteiger partial charge in [-0.05, 0) is 81.2 Å². The van der Waals surface area contributed by atoms with Crippen LogP contribution in [0.1, 0.15) is 23.6 Å². The topological polar surface area (TPSA) is 43.6 Å². The predicted octanol–water partition coefficient (Wildman–Crippen LogP) is 13.6. The highest BCUT2D eigenvalue weighted by Crippen LogP contribution is 2.56. The SMILES string of the molecule is CC1(c2ccccc2)c2cc3c(cc2-c2ccc4ccccc4c21)c1ccccc1n3-c1ccc(-c2nc(-c3ccccc3)nc(-c3ccccc3)n2)c2ccccc12. The van der Waals surface area contributed by atoms with Crippen LogP contribution in [0.4, 0.5) is 0 Å². The van der Waals surface area contributed by atoms with Gasteiger partial charge in [-0.25, -0.2) is 15.0 Å². The molecule has 2 heterocycles. The third-order valence-corrected chi connectivity index (χ3v) is 12.5. The van der Waals surface area contributed by atoms with Crippen molar-refractivity contribution in [1.82, 2.24) is 19.5 Å². The van der Waals surface area contributed by atoms with Gasteiger partial charge in [0.1, 0.15) is 0 Å². The van der Waals surface area contributed by atoms with Gasteiger partial charge < -0.3 is 4.57 Å². The van der Waals surface area contributed by atoms with Crippen molar-refractivity contribution >= 4 is 43.4 Å². The fraction of sp³-hybridized carbons (Fsp3) is 0.0364. The largest absolute Gasteiger partial charge is 0.309 e. The molecular weight excluding hydrogens is 717 g/mol. The Hall–Kier alpha value is -7.69. The zero-order valence-corrected chi connectivity index (χ0v) is 32.3. The molecule has 1 aliphatic carbocycles. The van der Waals surface area contributed by atoms with Crippen LogP contribution in [0.25, 0.3) is 94.3 Å². The second kappa shape index (κ2) is 12.9. The van der Waals surface area contributed by atoms with Crippen LogP contribution >= 0.6 is 0 Å². The van der Waals surface area contributed by atoms with Gasteiger partial charge in [0.25, 0.3) is 0 Å². The molecule has 0 amide bonds. The lowest BCUT2D eigenvalue weighted by Gasteiger charge is -2.29. The van der Waals surface area contributed by atoms with Gasteiger partial charge in [-0.1, -0.05) is 170 Å². The first-order valence-electron chi connectivity index (χ1n) is 20.2. The van der Waals surface area contributed by atoms with E-state index in [2.05, 4.69) is 175 Å². The lowest BCUT2D eigenvalue weighted by molar-refractivity contribution is 0.721. The van der Waals surface area contributed by atoms with Crippen LogP contribution < -0.4 is 0 Å². The van der Waals surface area contributed by atoms with E-state index in [0.29, 0.717) is 17.5 Å². The van der Waals surface area contributed by atoms with Crippen molar-refractivity contribution in [2.24, 2.45) is 0 Å². The zero-order valence-electron chi connectivity index (χ0n) is 32.3. The molecule has 0 bridgehead atoms. The molecule has 0 aliphatic heterocycles. The Morgan fingerprint density at radius 1 is 0.390 bits per heavy atom. The third kappa shape index (κ3) is 5.00. The number of hydrogen-bond acceptors (Lipinski definition) is 3. The van der Waals surface area contributed by atoms with E-state index in [4.69, 9.17) is 15.0 Å². The van der Waals surface area contributed by atoms with Gasteiger partial charge in [-0.3, -0.25) is 0 Å².